The lowest BCUT2D eigenvalue weighted by Gasteiger charge is -2.38. The van der Waals surface area contributed by atoms with Crippen molar-refractivity contribution in [1.29, 1.82) is 0 Å². The maximum atomic E-state index is 13.0. The van der Waals surface area contributed by atoms with Gasteiger partial charge in [-0.3, -0.25) is 19.8 Å². The first-order valence-electron chi connectivity index (χ1n) is 10.8. The molecule has 2 aromatic rings. The van der Waals surface area contributed by atoms with Gasteiger partial charge in [0.15, 0.2) is 0 Å². The molecule has 1 amide bonds. The number of nitro benzene ring substituents is 1. The largest absolute Gasteiger partial charge is 0.496 e. The van der Waals surface area contributed by atoms with Crippen LogP contribution in [0.4, 0.5) is 5.69 Å². The van der Waals surface area contributed by atoms with Gasteiger partial charge in [0.2, 0.25) is 0 Å². The summed E-state index contributed by atoms with van der Waals surface area (Å²) in [5.74, 6) is 0.711. The number of carbonyl (C=O) groups is 1. The molecule has 2 aliphatic heterocycles. The molecule has 4 rings (SSSR count). The molecule has 0 aromatic heterocycles. The average molecular weight is 440 g/mol. The van der Waals surface area contributed by atoms with Gasteiger partial charge >= 0.3 is 0 Å². The summed E-state index contributed by atoms with van der Waals surface area (Å²) in [5.41, 5.74) is 3.46. The quantitative estimate of drug-likeness (QED) is 0.522. The standard InChI is InChI=1S/C24H29N3O5/c1-17-5-4-6-21(18(17)2)23(28)26-11-9-24(10-12-26)15-25(16-32-24)14-19-13-20(27(29)30)7-8-22(19)31-3/h4-8,13H,9-12,14-16H2,1-3H3. The minimum atomic E-state index is -0.395. The van der Waals surface area contributed by atoms with Gasteiger partial charge in [-0.2, -0.15) is 0 Å². The number of carbonyl (C=O) groups excluding carboxylic acids is 1. The summed E-state index contributed by atoms with van der Waals surface area (Å²) in [6.07, 6.45) is 1.54. The summed E-state index contributed by atoms with van der Waals surface area (Å²) < 4.78 is 11.6. The number of piperidine rings is 1. The lowest BCUT2D eigenvalue weighted by atomic mass is 9.90. The van der Waals surface area contributed by atoms with Crippen LogP contribution in [0.5, 0.6) is 5.75 Å². The fourth-order valence-electron chi connectivity index (χ4n) is 4.64. The Hall–Kier alpha value is -2.97. The molecule has 32 heavy (non-hydrogen) atoms. The third-order valence-electron chi connectivity index (χ3n) is 6.73. The minimum absolute atomic E-state index is 0.0499. The molecule has 170 valence electrons. The molecule has 0 bridgehead atoms. The smallest absolute Gasteiger partial charge is 0.270 e. The third-order valence-corrected chi connectivity index (χ3v) is 6.73. The minimum Gasteiger partial charge on any atom is -0.496 e. The van der Waals surface area contributed by atoms with Crippen molar-refractivity contribution in [2.24, 2.45) is 0 Å². The van der Waals surface area contributed by atoms with Crippen molar-refractivity contribution in [1.82, 2.24) is 9.80 Å². The van der Waals surface area contributed by atoms with Crippen LogP contribution in [0.1, 0.15) is 39.9 Å². The summed E-state index contributed by atoms with van der Waals surface area (Å²) in [6, 6.07) is 10.5. The SMILES string of the molecule is COc1ccc([N+](=O)[O-])cc1CN1COC2(CCN(C(=O)c3cccc(C)c3C)CC2)C1. The van der Waals surface area contributed by atoms with Crippen LogP contribution in [0.25, 0.3) is 0 Å². The van der Waals surface area contributed by atoms with Gasteiger partial charge < -0.3 is 14.4 Å². The maximum Gasteiger partial charge on any atom is 0.270 e. The van der Waals surface area contributed by atoms with E-state index in [-0.39, 0.29) is 17.2 Å². The van der Waals surface area contributed by atoms with Gasteiger partial charge in [0.05, 0.1) is 17.6 Å². The Bertz CT molecular complexity index is 1030. The average Bonchev–Trinajstić information content (AvgIpc) is 3.17. The van der Waals surface area contributed by atoms with Gasteiger partial charge in [0, 0.05) is 49.4 Å². The Labute approximate surface area is 187 Å². The number of non-ortho nitro benzene ring substituents is 1. The topological polar surface area (TPSA) is 85.2 Å². The molecule has 0 radical (unpaired) electrons. The summed E-state index contributed by atoms with van der Waals surface area (Å²) in [4.78, 5) is 27.9. The fraction of sp³-hybridized carbons (Fsp3) is 0.458. The molecule has 2 aromatic carbocycles. The molecule has 8 heteroatoms. The highest BCUT2D eigenvalue weighted by molar-refractivity contribution is 5.96. The van der Waals surface area contributed by atoms with E-state index in [4.69, 9.17) is 9.47 Å². The second-order valence-electron chi connectivity index (χ2n) is 8.74. The number of ether oxygens (including phenoxy) is 2. The number of methoxy groups -OCH3 is 1. The summed E-state index contributed by atoms with van der Waals surface area (Å²) >= 11 is 0. The van der Waals surface area contributed by atoms with Crippen molar-refractivity contribution in [3.8, 4) is 5.75 Å². The van der Waals surface area contributed by atoms with Gasteiger partial charge in [0.1, 0.15) is 12.5 Å². The molecule has 2 saturated heterocycles. The maximum absolute atomic E-state index is 13.0. The number of benzene rings is 2. The molecule has 1 spiro atoms. The number of hydrogen-bond acceptors (Lipinski definition) is 6. The van der Waals surface area contributed by atoms with E-state index in [1.807, 2.05) is 36.9 Å². The number of rotatable bonds is 5. The zero-order valence-corrected chi connectivity index (χ0v) is 18.8. The first kappa shape index (κ1) is 22.2. The molecule has 0 atom stereocenters. The zero-order valence-electron chi connectivity index (χ0n) is 18.8. The van der Waals surface area contributed by atoms with E-state index in [1.54, 1.807) is 19.2 Å². The normalized spacial score (nSPS) is 18.2. The van der Waals surface area contributed by atoms with Crippen molar-refractivity contribution >= 4 is 11.6 Å². The van der Waals surface area contributed by atoms with Crippen LogP contribution < -0.4 is 4.74 Å². The summed E-state index contributed by atoms with van der Waals surface area (Å²) in [6.45, 7) is 7.02. The van der Waals surface area contributed by atoms with Crippen LogP contribution >= 0.6 is 0 Å². The van der Waals surface area contributed by atoms with Gasteiger partial charge in [-0.05, 0) is 49.9 Å². The lowest BCUT2D eigenvalue weighted by Crippen LogP contribution is -2.48. The van der Waals surface area contributed by atoms with E-state index in [0.717, 1.165) is 41.6 Å². The van der Waals surface area contributed by atoms with Gasteiger partial charge in [-0.15, -0.1) is 0 Å². The number of aryl methyl sites for hydroxylation is 1. The molecule has 0 N–H and O–H groups in total. The van der Waals surface area contributed by atoms with Crippen molar-refractivity contribution in [2.45, 2.75) is 38.8 Å². The molecule has 0 saturated carbocycles. The molecule has 0 aliphatic carbocycles. The number of nitro groups is 1. The molecule has 2 aliphatic rings. The monoisotopic (exact) mass is 439 g/mol. The van der Waals surface area contributed by atoms with Crippen molar-refractivity contribution in [2.75, 3.05) is 33.5 Å². The van der Waals surface area contributed by atoms with Crippen LogP contribution in [0.15, 0.2) is 36.4 Å². The first-order valence-corrected chi connectivity index (χ1v) is 10.8. The van der Waals surface area contributed by atoms with Crippen molar-refractivity contribution in [3.05, 3.63) is 68.8 Å². The van der Waals surface area contributed by atoms with E-state index >= 15 is 0 Å². The fourth-order valence-corrected chi connectivity index (χ4v) is 4.64. The number of hydrogen-bond donors (Lipinski definition) is 0. The van der Waals surface area contributed by atoms with Crippen LogP contribution in [0.2, 0.25) is 0 Å². The highest BCUT2D eigenvalue weighted by Crippen LogP contribution is 2.35. The Morgan fingerprint density at radius 1 is 1.22 bits per heavy atom. The highest BCUT2D eigenvalue weighted by atomic mass is 16.6. The van der Waals surface area contributed by atoms with Crippen LogP contribution in [0, 0.1) is 24.0 Å². The second kappa shape index (κ2) is 8.88. The lowest BCUT2D eigenvalue weighted by molar-refractivity contribution is -0.385. The Morgan fingerprint density at radius 3 is 2.66 bits per heavy atom. The second-order valence-corrected chi connectivity index (χ2v) is 8.74. The van der Waals surface area contributed by atoms with Gasteiger partial charge in [0.25, 0.3) is 11.6 Å². The van der Waals surface area contributed by atoms with E-state index in [1.165, 1.54) is 6.07 Å². The molecule has 2 heterocycles. The third kappa shape index (κ3) is 4.33. The zero-order chi connectivity index (χ0) is 22.9. The van der Waals surface area contributed by atoms with E-state index in [9.17, 15) is 14.9 Å². The Balaban J connectivity index is 1.39. The van der Waals surface area contributed by atoms with Crippen LogP contribution in [-0.2, 0) is 11.3 Å². The molecule has 2 fully saturated rings. The summed E-state index contributed by atoms with van der Waals surface area (Å²) in [7, 11) is 1.56. The van der Waals surface area contributed by atoms with Crippen LogP contribution in [0.3, 0.4) is 0 Å². The molecular weight excluding hydrogens is 410 g/mol. The molecule has 0 unspecified atom stereocenters. The molecule has 8 nitrogen and oxygen atoms in total. The van der Waals surface area contributed by atoms with Crippen molar-refractivity contribution < 1.29 is 19.2 Å². The van der Waals surface area contributed by atoms with Gasteiger partial charge in [-0.25, -0.2) is 0 Å². The molecular formula is C24H29N3O5. The van der Waals surface area contributed by atoms with Crippen LogP contribution in [-0.4, -0.2) is 59.7 Å². The Kier molecular flexibility index (Phi) is 6.17. The highest BCUT2D eigenvalue weighted by Gasteiger charge is 2.43. The predicted molar refractivity (Wildman–Crippen MR) is 120 cm³/mol. The van der Waals surface area contributed by atoms with E-state index in [0.29, 0.717) is 32.1 Å². The predicted octanol–water partition coefficient (Wildman–Crippen LogP) is 3.68. The first-order chi connectivity index (χ1) is 15.3. The van der Waals surface area contributed by atoms with Gasteiger partial charge in [-0.1, -0.05) is 12.1 Å². The Morgan fingerprint density at radius 2 is 1.97 bits per heavy atom. The van der Waals surface area contributed by atoms with E-state index in [2.05, 4.69) is 4.90 Å². The number of likely N-dealkylation sites (tertiary alicyclic amines) is 1. The van der Waals surface area contributed by atoms with E-state index < -0.39 is 4.92 Å². The number of nitrogens with zero attached hydrogens (tertiary/aromatic N) is 3. The summed E-state index contributed by atoms with van der Waals surface area (Å²) in [5, 5.41) is 11.2. The van der Waals surface area contributed by atoms with Crippen molar-refractivity contribution in [3.63, 3.8) is 0 Å². The number of amides is 1.